The topological polar surface area (TPSA) is 24.5 Å². The van der Waals surface area contributed by atoms with E-state index in [2.05, 4.69) is 45.2 Å². The lowest BCUT2D eigenvalue weighted by Crippen LogP contribution is -2.43. The van der Waals surface area contributed by atoms with Gasteiger partial charge in [-0.25, -0.2) is 0 Å². The first kappa shape index (κ1) is 15.8. The zero-order chi connectivity index (χ0) is 14.4. The van der Waals surface area contributed by atoms with E-state index in [1.165, 1.54) is 29.3 Å². The average molecular weight is 341 g/mol. The number of nitrogens with zero attached hydrogens (tertiary/aromatic N) is 1. The molecular weight excluding hydrogens is 316 g/mol. The van der Waals surface area contributed by atoms with Gasteiger partial charge < -0.3 is 10.1 Å². The summed E-state index contributed by atoms with van der Waals surface area (Å²) in [6.45, 7) is 6.70. The third kappa shape index (κ3) is 4.21. The molecule has 0 radical (unpaired) electrons. The molecule has 2 rings (SSSR count). The predicted octanol–water partition coefficient (Wildman–Crippen LogP) is 3.42. The van der Waals surface area contributed by atoms with Crippen molar-refractivity contribution in [3.8, 4) is 5.75 Å². The summed E-state index contributed by atoms with van der Waals surface area (Å²) in [6.07, 6.45) is 3.70. The van der Waals surface area contributed by atoms with Gasteiger partial charge in [0.15, 0.2) is 0 Å². The number of benzene rings is 1. The van der Waals surface area contributed by atoms with Crippen LogP contribution in [0.5, 0.6) is 5.75 Å². The maximum atomic E-state index is 5.35. The van der Waals surface area contributed by atoms with E-state index in [0.29, 0.717) is 6.04 Å². The molecule has 1 N–H and O–H groups in total. The SMILES string of the molecule is CCCN(Cc1cc(OC)ccc1Br)C1CCNCC1. The van der Waals surface area contributed by atoms with Crippen molar-refractivity contribution in [2.45, 2.75) is 38.8 Å². The molecule has 1 heterocycles. The van der Waals surface area contributed by atoms with E-state index in [4.69, 9.17) is 4.74 Å². The number of piperidine rings is 1. The van der Waals surface area contributed by atoms with Crippen LogP contribution in [0.25, 0.3) is 0 Å². The fourth-order valence-electron chi connectivity index (χ4n) is 2.87. The van der Waals surface area contributed by atoms with E-state index in [-0.39, 0.29) is 0 Å². The fraction of sp³-hybridized carbons (Fsp3) is 0.625. The van der Waals surface area contributed by atoms with Gasteiger partial charge in [-0.05, 0) is 62.7 Å². The van der Waals surface area contributed by atoms with E-state index in [1.807, 2.05) is 6.07 Å². The van der Waals surface area contributed by atoms with Gasteiger partial charge in [-0.1, -0.05) is 22.9 Å². The quantitative estimate of drug-likeness (QED) is 0.858. The maximum Gasteiger partial charge on any atom is 0.119 e. The van der Waals surface area contributed by atoms with Crippen molar-refractivity contribution in [3.63, 3.8) is 0 Å². The van der Waals surface area contributed by atoms with Gasteiger partial charge in [0.2, 0.25) is 0 Å². The van der Waals surface area contributed by atoms with Gasteiger partial charge in [-0.3, -0.25) is 4.90 Å². The Kier molecular flexibility index (Phi) is 6.33. The highest BCUT2D eigenvalue weighted by Crippen LogP contribution is 2.25. The van der Waals surface area contributed by atoms with Crippen LogP contribution >= 0.6 is 15.9 Å². The summed E-state index contributed by atoms with van der Waals surface area (Å²) >= 11 is 3.67. The van der Waals surface area contributed by atoms with Crippen molar-refractivity contribution in [2.24, 2.45) is 0 Å². The number of methoxy groups -OCH3 is 1. The van der Waals surface area contributed by atoms with Gasteiger partial charge >= 0.3 is 0 Å². The number of hydrogen-bond acceptors (Lipinski definition) is 3. The van der Waals surface area contributed by atoms with Crippen molar-refractivity contribution in [1.29, 1.82) is 0 Å². The van der Waals surface area contributed by atoms with Gasteiger partial charge in [0.1, 0.15) is 5.75 Å². The van der Waals surface area contributed by atoms with Crippen molar-refractivity contribution in [3.05, 3.63) is 28.2 Å². The van der Waals surface area contributed by atoms with Crippen molar-refractivity contribution >= 4 is 15.9 Å². The predicted molar refractivity (Wildman–Crippen MR) is 87.3 cm³/mol. The second kappa shape index (κ2) is 8.01. The number of hydrogen-bond donors (Lipinski definition) is 1. The Hall–Kier alpha value is -0.580. The number of halogens is 1. The molecule has 0 bridgehead atoms. The van der Waals surface area contributed by atoms with Gasteiger partial charge in [0.05, 0.1) is 7.11 Å². The van der Waals surface area contributed by atoms with Crippen molar-refractivity contribution in [2.75, 3.05) is 26.7 Å². The molecule has 0 unspecified atom stereocenters. The van der Waals surface area contributed by atoms with Crippen molar-refractivity contribution < 1.29 is 4.74 Å². The molecule has 1 aliphatic heterocycles. The van der Waals surface area contributed by atoms with Crippen LogP contribution < -0.4 is 10.1 Å². The zero-order valence-corrected chi connectivity index (χ0v) is 14.1. The fourth-order valence-corrected chi connectivity index (χ4v) is 3.24. The summed E-state index contributed by atoms with van der Waals surface area (Å²) in [5.74, 6) is 0.935. The summed E-state index contributed by atoms with van der Waals surface area (Å²) < 4.78 is 6.52. The minimum absolute atomic E-state index is 0.703. The Balaban J connectivity index is 2.10. The molecule has 0 amide bonds. The van der Waals surface area contributed by atoms with Crippen LogP contribution in [0, 0.1) is 0 Å². The van der Waals surface area contributed by atoms with Crippen molar-refractivity contribution in [1.82, 2.24) is 10.2 Å². The van der Waals surface area contributed by atoms with Gasteiger partial charge in [0, 0.05) is 17.1 Å². The molecule has 1 saturated heterocycles. The van der Waals surface area contributed by atoms with E-state index in [0.717, 1.165) is 31.9 Å². The third-order valence-corrected chi connectivity index (χ3v) is 4.74. The highest BCUT2D eigenvalue weighted by atomic mass is 79.9. The Morgan fingerprint density at radius 2 is 2.10 bits per heavy atom. The van der Waals surface area contributed by atoms with Crippen LogP contribution in [0.15, 0.2) is 22.7 Å². The van der Waals surface area contributed by atoms with Crippen LogP contribution in [0.2, 0.25) is 0 Å². The molecule has 20 heavy (non-hydrogen) atoms. The monoisotopic (exact) mass is 340 g/mol. The molecule has 0 atom stereocenters. The zero-order valence-electron chi connectivity index (χ0n) is 12.5. The highest BCUT2D eigenvalue weighted by molar-refractivity contribution is 9.10. The Bertz CT molecular complexity index is 419. The molecule has 0 aliphatic carbocycles. The maximum absolute atomic E-state index is 5.35. The Morgan fingerprint density at radius 3 is 2.75 bits per heavy atom. The Labute approximate surface area is 130 Å². The number of rotatable bonds is 6. The lowest BCUT2D eigenvalue weighted by Gasteiger charge is -2.34. The van der Waals surface area contributed by atoms with E-state index < -0.39 is 0 Å². The van der Waals surface area contributed by atoms with Crippen LogP contribution in [0.1, 0.15) is 31.7 Å². The van der Waals surface area contributed by atoms with E-state index >= 15 is 0 Å². The van der Waals surface area contributed by atoms with Gasteiger partial charge in [0.25, 0.3) is 0 Å². The molecule has 1 aromatic rings. The molecule has 1 aliphatic rings. The molecule has 1 fully saturated rings. The second-order valence-corrected chi connectivity index (χ2v) is 6.26. The van der Waals surface area contributed by atoms with Crippen LogP contribution in [-0.2, 0) is 6.54 Å². The molecule has 0 saturated carbocycles. The summed E-state index contributed by atoms with van der Waals surface area (Å²) in [5, 5.41) is 3.45. The molecular formula is C16H25BrN2O. The van der Waals surface area contributed by atoms with Crippen LogP contribution in [0.4, 0.5) is 0 Å². The second-order valence-electron chi connectivity index (χ2n) is 5.41. The highest BCUT2D eigenvalue weighted by Gasteiger charge is 2.21. The summed E-state index contributed by atoms with van der Waals surface area (Å²) in [5.41, 5.74) is 1.32. The van der Waals surface area contributed by atoms with E-state index in [9.17, 15) is 0 Å². The molecule has 1 aromatic carbocycles. The first-order valence-corrected chi connectivity index (χ1v) is 8.31. The molecule has 112 valence electrons. The first-order valence-electron chi connectivity index (χ1n) is 7.51. The van der Waals surface area contributed by atoms with Gasteiger partial charge in [-0.15, -0.1) is 0 Å². The number of nitrogens with one attached hydrogen (secondary N) is 1. The third-order valence-electron chi connectivity index (χ3n) is 3.96. The summed E-state index contributed by atoms with van der Waals surface area (Å²) in [7, 11) is 1.73. The average Bonchev–Trinajstić information content (AvgIpc) is 2.49. The standard InChI is InChI=1S/C16H25BrN2O/c1-3-10-19(14-6-8-18-9-7-14)12-13-11-15(20-2)4-5-16(13)17/h4-5,11,14,18H,3,6-10,12H2,1-2H3. The summed E-state index contributed by atoms with van der Waals surface area (Å²) in [4.78, 5) is 2.63. The minimum Gasteiger partial charge on any atom is -0.497 e. The summed E-state index contributed by atoms with van der Waals surface area (Å²) in [6, 6.07) is 6.94. The molecule has 3 nitrogen and oxygen atoms in total. The first-order chi connectivity index (χ1) is 9.74. The lowest BCUT2D eigenvalue weighted by molar-refractivity contribution is 0.154. The van der Waals surface area contributed by atoms with E-state index in [1.54, 1.807) is 7.11 Å². The van der Waals surface area contributed by atoms with Crippen LogP contribution in [-0.4, -0.2) is 37.7 Å². The molecule has 0 spiro atoms. The smallest absolute Gasteiger partial charge is 0.119 e. The van der Waals surface area contributed by atoms with Gasteiger partial charge in [-0.2, -0.15) is 0 Å². The minimum atomic E-state index is 0.703. The Morgan fingerprint density at radius 1 is 1.35 bits per heavy atom. The molecule has 0 aromatic heterocycles. The normalized spacial score (nSPS) is 16.6. The molecule has 4 heteroatoms. The van der Waals surface area contributed by atoms with Crippen LogP contribution in [0.3, 0.4) is 0 Å². The lowest BCUT2D eigenvalue weighted by atomic mass is 10.0. The number of ether oxygens (including phenoxy) is 1. The largest absolute Gasteiger partial charge is 0.497 e.